The van der Waals surface area contributed by atoms with Crippen LogP contribution < -0.4 is 4.74 Å². The third-order valence-corrected chi connectivity index (χ3v) is 3.16. The minimum absolute atomic E-state index is 0.0893. The molecule has 0 saturated carbocycles. The van der Waals surface area contributed by atoms with Crippen molar-refractivity contribution in [1.29, 1.82) is 5.26 Å². The fourth-order valence-corrected chi connectivity index (χ4v) is 1.92. The quantitative estimate of drug-likeness (QED) is 0.815. The summed E-state index contributed by atoms with van der Waals surface area (Å²) in [5.74, 6) is 0.0764. The predicted octanol–water partition coefficient (Wildman–Crippen LogP) is 4.56. The summed E-state index contributed by atoms with van der Waals surface area (Å²) in [6, 6.07) is 12.2. The van der Waals surface area contributed by atoms with Gasteiger partial charge in [-0.15, -0.1) is 0 Å². The molecule has 0 spiro atoms. The van der Waals surface area contributed by atoms with Crippen LogP contribution in [-0.4, -0.2) is 0 Å². The lowest BCUT2D eigenvalue weighted by Gasteiger charge is -2.08. The molecule has 2 aromatic carbocycles. The Morgan fingerprint density at radius 2 is 2.06 bits per heavy atom. The Hall–Kier alpha value is -1.86. The Balaban J connectivity index is 2.36. The number of rotatable bonds is 2. The number of ether oxygens (including phenoxy) is 1. The van der Waals surface area contributed by atoms with Gasteiger partial charge in [-0.25, -0.2) is 4.39 Å². The lowest BCUT2D eigenvalue weighted by Crippen LogP contribution is -1.92. The molecule has 0 atom stereocenters. The smallest absolute Gasteiger partial charge is 0.181 e. The van der Waals surface area contributed by atoms with Gasteiger partial charge in [0.2, 0.25) is 0 Å². The minimum atomic E-state index is -0.574. The average molecular weight is 306 g/mol. The topological polar surface area (TPSA) is 33.0 Å². The van der Waals surface area contributed by atoms with E-state index in [9.17, 15) is 4.39 Å². The van der Waals surface area contributed by atoms with Crippen molar-refractivity contribution in [2.75, 3.05) is 0 Å². The van der Waals surface area contributed by atoms with Gasteiger partial charge in [0, 0.05) is 0 Å². The Kier molecular flexibility index (Phi) is 3.63. The zero-order valence-corrected chi connectivity index (χ0v) is 11.2. The number of hydrogen-bond donors (Lipinski definition) is 0. The number of benzene rings is 2. The van der Waals surface area contributed by atoms with Gasteiger partial charge in [-0.2, -0.15) is 5.26 Å². The number of nitriles is 1. The van der Waals surface area contributed by atoms with Crippen LogP contribution in [0.4, 0.5) is 4.39 Å². The summed E-state index contributed by atoms with van der Waals surface area (Å²) in [4.78, 5) is 0. The molecule has 0 unspecified atom stereocenters. The number of hydrogen-bond acceptors (Lipinski definition) is 2. The second-order valence-electron chi connectivity index (χ2n) is 3.77. The molecule has 0 N–H and O–H groups in total. The molecule has 0 heterocycles. The van der Waals surface area contributed by atoms with Gasteiger partial charge in [-0.3, -0.25) is 0 Å². The molecule has 0 amide bonds. The molecule has 2 nitrogen and oxygen atoms in total. The minimum Gasteiger partial charge on any atom is -0.454 e. The van der Waals surface area contributed by atoms with Gasteiger partial charge >= 0.3 is 0 Å². The molecule has 0 aliphatic rings. The van der Waals surface area contributed by atoms with Gasteiger partial charge in [0.1, 0.15) is 11.8 Å². The van der Waals surface area contributed by atoms with Crippen LogP contribution in [0.5, 0.6) is 11.5 Å². The molecule has 0 aromatic heterocycles. The van der Waals surface area contributed by atoms with E-state index in [1.807, 2.05) is 31.2 Å². The SMILES string of the molecule is Cc1cccc(Oc2ccc(C#N)c(Br)c2F)c1. The number of halogens is 2. The van der Waals surface area contributed by atoms with E-state index in [0.29, 0.717) is 5.75 Å². The van der Waals surface area contributed by atoms with Gasteiger partial charge in [-0.05, 0) is 52.7 Å². The molecule has 0 fully saturated rings. The molecule has 0 aliphatic heterocycles. The predicted molar refractivity (Wildman–Crippen MR) is 70.1 cm³/mol. The van der Waals surface area contributed by atoms with Crippen LogP contribution in [0, 0.1) is 24.1 Å². The van der Waals surface area contributed by atoms with E-state index in [1.54, 1.807) is 6.07 Å². The van der Waals surface area contributed by atoms with Crippen LogP contribution in [0.25, 0.3) is 0 Å². The molecule has 0 bridgehead atoms. The lowest BCUT2D eigenvalue weighted by atomic mass is 10.2. The highest BCUT2D eigenvalue weighted by Gasteiger charge is 2.12. The second-order valence-corrected chi connectivity index (χ2v) is 4.56. The van der Waals surface area contributed by atoms with Crippen LogP contribution in [0.1, 0.15) is 11.1 Å². The van der Waals surface area contributed by atoms with E-state index >= 15 is 0 Å². The standard InChI is InChI=1S/C14H9BrFNO/c1-9-3-2-4-11(7-9)18-12-6-5-10(8-17)13(15)14(12)16/h2-7H,1H3. The second kappa shape index (κ2) is 5.19. The molecule has 0 radical (unpaired) electrons. The summed E-state index contributed by atoms with van der Waals surface area (Å²) in [7, 11) is 0. The number of nitrogens with zero attached hydrogens (tertiary/aromatic N) is 1. The highest BCUT2D eigenvalue weighted by Crippen LogP contribution is 2.31. The van der Waals surface area contributed by atoms with Gasteiger partial charge in [0.15, 0.2) is 11.6 Å². The summed E-state index contributed by atoms with van der Waals surface area (Å²) < 4.78 is 19.5. The summed E-state index contributed by atoms with van der Waals surface area (Å²) in [5.41, 5.74) is 1.27. The molecule has 90 valence electrons. The fourth-order valence-electron chi connectivity index (χ4n) is 1.50. The first-order valence-corrected chi connectivity index (χ1v) is 6.03. The van der Waals surface area contributed by atoms with Gasteiger partial charge in [0.25, 0.3) is 0 Å². The average Bonchev–Trinajstić information content (AvgIpc) is 2.35. The zero-order chi connectivity index (χ0) is 13.1. The molecule has 0 aliphatic carbocycles. The first kappa shape index (κ1) is 12.6. The monoisotopic (exact) mass is 305 g/mol. The maximum absolute atomic E-state index is 13.9. The first-order chi connectivity index (χ1) is 8.61. The van der Waals surface area contributed by atoms with Crippen molar-refractivity contribution in [3.63, 3.8) is 0 Å². The van der Waals surface area contributed by atoms with Crippen molar-refractivity contribution in [1.82, 2.24) is 0 Å². The van der Waals surface area contributed by atoms with Crippen molar-refractivity contribution < 1.29 is 9.13 Å². The van der Waals surface area contributed by atoms with Crippen LogP contribution >= 0.6 is 15.9 Å². The van der Waals surface area contributed by atoms with E-state index in [1.165, 1.54) is 12.1 Å². The highest BCUT2D eigenvalue weighted by molar-refractivity contribution is 9.10. The Morgan fingerprint density at radius 1 is 1.28 bits per heavy atom. The Labute approximate surface area is 113 Å². The van der Waals surface area contributed by atoms with E-state index in [4.69, 9.17) is 10.00 Å². The van der Waals surface area contributed by atoms with E-state index in [-0.39, 0.29) is 15.8 Å². The summed E-state index contributed by atoms with van der Waals surface area (Å²) in [5, 5.41) is 8.77. The molecule has 2 rings (SSSR count). The maximum Gasteiger partial charge on any atom is 0.181 e. The normalized spacial score (nSPS) is 9.89. The summed E-state index contributed by atoms with van der Waals surface area (Å²) in [6.45, 7) is 1.93. The molecule has 18 heavy (non-hydrogen) atoms. The van der Waals surface area contributed by atoms with Crippen molar-refractivity contribution in [3.05, 3.63) is 57.8 Å². The highest BCUT2D eigenvalue weighted by atomic mass is 79.9. The summed E-state index contributed by atoms with van der Waals surface area (Å²) in [6.07, 6.45) is 0. The van der Waals surface area contributed by atoms with E-state index < -0.39 is 5.82 Å². The van der Waals surface area contributed by atoms with Crippen LogP contribution in [-0.2, 0) is 0 Å². The van der Waals surface area contributed by atoms with Crippen LogP contribution in [0.15, 0.2) is 40.9 Å². The van der Waals surface area contributed by atoms with Gasteiger partial charge in [0.05, 0.1) is 10.0 Å². The molecule has 4 heteroatoms. The van der Waals surface area contributed by atoms with E-state index in [2.05, 4.69) is 15.9 Å². The fraction of sp³-hybridized carbons (Fsp3) is 0.0714. The molecular formula is C14H9BrFNO. The van der Waals surface area contributed by atoms with Crippen LogP contribution in [0.2, 0.25) is 0 Å². The third kappa shape index (κ3) is 2.52. The van der Waals surface area contributed by atoms with Gasteiger partial charge < -0.3 is 4.74 Å². The van der Waals surface area contributed by atoms with Crippen molar-refractivity contribution in [3.8, 4) is 17.6 Å². The van der Waals surface area contributed by atoms with E-state index in [0.717, 1.165) is 5.56 Å². The summed E-state index contributed by atoms with van der Waals surface area (Å²) >= 11 is 3.04. The number of aryl methyl sites for hydroxylation is 1. The van der Waals surface area contributed by atoms with Crippen LogP contribution in [0.3, 0.4) is 0 Å². The Bertz CT molecular complexity index is 634. The third-order valence-electron chi connectivity index (χ3n) is 2.38. The zero-order valence-electron chi connectivity index (χ0n) is 9.58. The molecular weight excluding hydrogens is 297 g/mol. The lowest BCUT2D eigenvalue weighted by molar-refractivity contribution is 0.440. The van der Waals surface area contributed by atoms with Crippen molar-refractivity contribution in [2.24, 2.45) is 0 Å². The Morgan fingerprint density at radius 3 is 2.72 bits per heavy atom. The first-order valence-electron chi connectivity index (χ1n) is 5.24. The molecule has 2 aromatic rings. The van der Waals surface area contributed by atoms with Gasteiger partial charge in [-0.1, -0.05) is 12.1 Å². The largest absolute Gasteiger partial charge is 0.454 e. The van der Waals surface area contributed by atoms with Crippen molar-refractivity contribution in [2.45, 2.75) is 6.92 Å². The maximum atomic E-state index is 13.9. The molecule has 0 saturated heterocycles. The van der Waals surface area contributed by atoms with Crippen molar-refractivity contribution >= 4 is 15.9 Å².